The van der Waals surface area contributed by atoms with Crippen molar-refractivity contribution in [2.75, 3.05) is 13.1 Å². The number of nitrogens with two attached hydrogens (primary N) is 1. The lowest BCUT2D eigenvalue weighted by molar-refractivity contribution is -0.150. The molecule has 1 saturated heterocycles. The minimum atomic E-state index is -0.795. The summed E-state index contributed by atoms with van der Waals surface area (Å²) in [5.41, 5.74) is 4.38. The first-order valence-electron chi connectivity index (χ1n) is 4.23. The molecular weight excluding hydrogens is 172 g/mol. The number of carbonyl (C=O) groups excluding carboxylic acids is 1. The van der Waals surface area contributed by atoms with E-state index in [2.05, 4.69) is 0 Å². The number of rotatable bonds is 1. The van der Waals surface area contributed by atoms with Crippen LogP contribution >= 0.6 is 0 Å². The van der Waals surface area contributed by atoms with Gasteiger partial charge in [0.05, 0.1) is 5.41 Å². The fraction of sp³-hybridized carbons (Fsp3) is 0.750. The van der Waals surface area contributed by atoms with Crippen LogP contribution in [0.25, 0.3) is 0 Å². The Morgan fingerprint density at radius 2 is 1.85 bits per heavy atom. The third-order valence-corrected chi connectivity index (χ3v) is 2.69. The van der Waals surface area contributed by atoms with Gasteiger partial charge in [-0.25, -0.2) is 4.79 Å². The van der Waals surface area contributed by atoms with Gasteiger partial charge in [0.1, 0.15) is 0 Å². The van der Waals surface area contributed by atoms with Crippen LogP contribution in [0.3, 0.4) is 0 Å². The van der Waals surface area contributed by atoms with Gasteiger partial charge in [-0.1, -0.05) is 0 Å². The summed E-state index contributed by atoms with van der Waals surface area (Å²) in [5.74, 6) is -0.795. The lowest BCUT2D eigenvalue weighted by Gasteiger charge is -2.35. The van der Waals surface area contributed by atoms with Crippen molar-refractivity contribution in [1.82, 2.24) is 4.90 Å². The molecule has 1 fully saturated rings. The maximum absolute atomic E-state index is 10.8. The van der Waals surface area contributed by atoms with E-state index in [-0.39, 0.29) is 0 Å². The van der Waals surface area contributed by atoms with E-state index in [0.29, 0.717) is 25.9 Å². The molecule has 0 aromatic heterocycles. The summed E-state index contributed by atoms with van der Waals surface area (Å²) >= 11 is 0. The number of nitrogens with zero attached hydrogens (tertiary/aromatic N) is 1. The minimum absolute atomic E-state index is 0.443. The predicted octanol–water partition coefficient (Wildman–Crippen LogP) is 0.252. The molecule has 0 atom stereocenters. The zero-order valence-electron chi connectivity index (χ0n) is 7.62. The third kappa shape index (κ3) is 1.91. The summed E-state index contributed by atoms with van der Waals surface area (Å²) in [7, 11) is 0. The van der Waals surface area contributed by atoms with Crippen molar-refractivity contribution in [3.8, 4) is 0 Å². The Morgan fingerprint density at radius 3 is 2.15 bits per heavy atom. The highest BCUT2D eigenvalue weighted by Gasteiger charge is 2.37. The number of hydrogen-bond acceptors (Lipinski definition) is 2. The molecule has 0 unspecified atom stereocenters. The lowest BCUT2D eigenvalue weighted by Crippen LogP contribution is -2.47. The van der Waals surface area contributed by atoms with E-state index in [1.54, 1.807) is 6.92 Å². The van der Waals surface area contributed by atoms with Crippen molar-refractivity contribution < 1.29 is 14.7 Å². The van der Waals surface area contributed by atoms with Gasteiger partial charge in [0.25, 0.3) is 0 Å². The number of carbonyl (C=O) groups is 2. The van der Waals surface area contributed by atoms with Crippen molar-refractivity contribution in [3.05, 3.63) is 0 Å². The zero-order valence-corrected chi connectivity index (χ0v) is 7.62. The standard InChI is InChI=1S/C8H14N2O3/c1-8(6(11)12)2-4-10(5-3-8)7(9)13/h2-5H2,1H3,(H2,9,13)(H,11,12). The van der Waals surface area contributed by atoms with E-state index >= 15 is 0 Å². The summed E-state index contributed by atoms with van der Waals surface area (Å²) < 4.78 is 0. The van der Waals surface area contributed by atoms with E-state index in [4.69, 9.17) is 10.8 Å². The van der Waals surface area contributed by atoms with Crippen molar-refractivity contribution in [3.63, 3.8) is 0 Å². The Morgan fingerprint density at radius 1 is 1.38 bits per heavy atom. The fourth-order valence-corrected chi connectivity index (χ4v) is 1.43. The molecule has 1 heterocycles. The van der Waals surface area contributed by atoms with Crippen molar-refractivity contribution >= 4 is 12.0 Å². The number of likely N-dealkylation sites (tertiary alicyclic amines) is 1. The Bertz CT molecular complexity index is 232. The Kier molecular flexibility index (Phi) is 2.45. The molecule has 0 bridgehead atoms. The summed E-state index contributed by atoms with van der Waals surface area (Å²) in [6.07, 6.45) is 0.955. The quantitative estimate of drug-likeness (QED) is 0.615. The van der Waals surface area contributed by atoms with Crippen LogP contribution < -0.4 is 5.73 Å². The Labute approximate surface area is 76.5 Å². The number of primary amides is 1. The molecule has 0 spiro atoms. The molecule has 2 amide bonds. The molecule has 1 rings (SSSR count). The van der Waals surface area contributed by atoms with Crippen LogP contribution in [0.1, 0.15) is 19.8 Å². The number of hydrogen-bond donors (Lipinski definition) is 2. The van der Waals surface area contributed by atoms with Gasteiger partial charge >= 0.3 is 12.0 Å². The predicted molar refractivity (Wildman–Crippen MR) is 46.1 cm³/mol. The van der Waals surface area contributed by atoms with Crippen LogP contribution in [0.5, 0.6) is 0 Å². The SMILES string of the molecule is CC1(C(=O)O)CCN(C(N)=O)CC1. The fourth-order valence-electron chi connectivity index (χ4n) is 1.43. The number of piperidine rings is 1. The minimum Gasteiger partial charge on any atom is -0.481 e. The molecule has 13 heavy (non-hydrogen) atoms. The Balaban J connectivity index is 2.56. The van der Waals surface area contributed by atoms with Gasteiger partial charge < -0.3 is 15.7 Å². The van der Waals surface area contributed by atoms with Crippen molar-refractivity contribution in [1.29, 1.82) is 0 Å². The van der Waals surface area contributed by atoms with Crippen LogP contribution in [-0.4, -0.2) is 35.1 Å². The summed E-state index contributed by atoms with van der Waals surface area (Å²) in [5, 5.41) is 8.89. The number of carboxylic acid groups (broad SMARTS) is 1. The van der Waals surface area contributed by atoms with E-state index in [0.717, 1.165) is 0 Å². The van der Waals surface area contributed by atoms with Gasteiger partial charge in [-0.3, -0.25) is 4.79 Å². The van der Waals surface area contributed by atoms with Crippen LogP contribution in [0.15, 0.2) is 0 Å². The molecule has 0 aromatic carbocycles. The molecule has 0 aromatic rings. The Hall–Kier alpha value is -1.26. The third-order valence-electron chi connectivity index (χ3n) is 2.69. The van der Waals surface area contributed by atoms with Crippen molar-refractivity contribution in [2.24, 2.45) is 11.1 Å². The average Bonchev–Trinajstić information content (AvgIpc) is 2.04. The molecule has 1 aliphatic heterocycles. The zero-order chi connectivity index (χ0) is 10.1. The van der Waals surface area contributed by atoms with Gasteiger partial charge in [0.2, 0.25) is 0 Å². The van der Waals surface area contributed by atoms with E-state index in [1.165, 1.54) is 4.90 Å². The molecule has 0 aliphatic carbocycles. The van der Waals surface area contributed by atoms with Crippen LogP contribution in [0.4, 0.5) is 4.79 Å². The normalized spacial score (nSPS) is 21.2. The van der Waals surface area contributed by atoms with Crippen molar-refractivity contribution in [2.45, 2.75) is 19.8 Å². The summed E-state index contributed by atoms with van der Waals surface area (Å²) in [6, 6.07) is -0.465. The molecular formula is C8H14N2O3. The number of aliphatic carboxylic acids is 1. The number of carboxylic acids is 1. The second kappa shape index (κ2) is 3.24. The summed E-state index contributed by atoms with van der Waals surface area (Å²) in [4.78, 5) is 23.0. The first-order valence-corrected chi connectivity index (χ1v) is 4.23. The second-order valence-electron chi connectivity index (χ2n) is 3.69. The monoisotopic (exact) mass is 186 g/mol. The van der Waals surface area contributed by atoms with Crippen LogP contribution in [-0.2, 0) is 4.79 Å². The smallest absolute Gasteiger partial charge is 0.314 e. The van der Waals surface area contributed by atoms with Gasteiger partial charge in [-0.2, -0.15) is 0 Å². The van der Waals surface area contributed by atoms with Gasteiger partial charge in [0, 0.05) is 13.1 Å². The van der Waals surface area contributed by atoms with E-state index < -0.39 is 17.4 Å². The number of urea groups is 1. The molecule has 0 radical (unpaired) electrons. The van der Waals surface area contributed by atoms with Gasteiger partial charge in [-0.15, -0.1) is 0 Å². The van der Waals surface area contributed by atoms with Crippen LogP contribution in [0, 0.1) is 5.41 Å². The maximum Gasteiger partial charge on any atom is 0.314 e. The van der Waals surface area contributed by atoms with Gasteiger partial charge in [0.15, 0.2) is 0 Å². The maximum atomic E-state index is 10.8. The molecule has 5 heteroatoms. The first kappa shape index (κ1) is 9.83. The van der Waals surface area contributed by atoms with E-state index in [9.17, 15) is 9.59 Å². The molecule has 74 valence electrons. The average molecular weight is 186 g/mol. The van der Waals surface area contributed by atoms with E-state index in [1.807, 2.05) is 0 Å². The van der Waals surface area contributed by atoms with Gasteiger partial charge in [-0.05, 0) is 19.8 Å². The highest BCUT2D eigenvalue weighted by atomic mass is 16.4. The topological polar surface area (TPSA) is 83.6 Å². The molecule has 3 N–H and O–H groups in total. The summed E-state index contributed by atoms with van der Waals surface area (Å²) in [6.45, 7) is 2.59. The second-order valence-corrected chi connectivity index (χ2v) is 3.69. The highest BCUT2D eigenvalue weighted by molar-refractivity contribution is 5.76. The molecule has 1 aliphatic rings. The molecule has 5 nitrogen and oxygen atoms in total. The highest BCUT2D eigenvalue weighted by Crippen LogP contribution is 2.30. The van der Waals surface area contributed by atoms with Crippen LogP contribution in [0.2, 0.25) is 0 Å². The number of amides is 2. The first-order chi connectivity index (χ1) is 5.96. The lowest BCUT2D eigenvalue weighted by atomic mass is 9.81. The molecule has 0 saturated carbocycles. The largest absolute Gasteiger partial charge is 0.481 e.